The number of hydrogen-bond donors (Lipinski definition) is 1. The van der Waals surface area contributed by atoms with Crippen LogP contribution in [0.2, 0.25) is 0 Å². The molecule has 1 fully saturated rings. The van der Waals surface area contributed by atoms with Crippen molar-refractivity contribution in [2.45, 2.75) is 56.7 Å². The minimum absolute atomic E-state index is 0.143. The van der Waals surface area contributed by atoms with Crippen LogP contribution in [0.5, 0.6) is 0 Å². The summed E-state index contributed by atoms with van der Waals surface area (Å²) in [6.07, 6.45) is 6.62. The highest BCUT2D eigenvalue weighted by atomic mass is 16.5. The third kappa shape index (κ3) is 1.95. The maximum atomic E-state index is 10.7. The van der Waals surface area contributed by atoms with Gasteiger partial charge in [0.1, 0.15) is 0 Å². The van der Waals surface area contributed by atoms with E-state index >= 15 is 0 Å². The number of hydrogen-bond acceptors (Lipinski definition) is 3. The highest BCUT2D eigenvalue weighted by Gasteiger charge is 2.43. The Morgan fingerprint density at radius 2 is 2.39 bits per heavy atom. The molecule has 1 aromatic heterocycles. The molecule has 2 aliphatic rings. The van der Waals surface area contributed by atoms with E-state index in [1.165, 1.54) is 5.56 Å². The Labute approximate surface area is 108 Å². The second-order valence-electron chi connectivity index (χ2n) is 5.76. The van der Waals surface area contributed by atoms with Gasteiger partial charge in [0.15, 0.2) is 0 Å². The first-order chi connectivity index (χ1) is 8.71. The van der Waals surface area contributed by atoms with Gasteiger partial charge in [-0.05, 0) is 50.7 Å². The van der Waals surface area contributed by atoms with E-state index in [2.05, 4.69) is 18.0 Å². The number of pyridine rings is 1. The van der Waals surface area contributed by atoms with E-state index in [0.29, 0.717) is 0 Å². The van der Waals surface area contributed by atoms with Gasteiger partial charge in [0.25, 0.3) is 0 Å². The van der Waals surface area contributed by atoms with E-state index in [1.54, 1.807) is 0 Å². The van der Waals surface area contributed by atoms with Gasteiger partial charge < -0.3 is 9.84 Å². The third-order valence-electron chi connectivity index (χ3n) is 4.51. The molecule has 0 saturated carbocycles. The summed E-state index contributed by atoms with van der Waals surface area (Å²) in [4.78, 5) is 4.47. The SMILES string of the molecule is CC1(C(O)C2CCc3cccnc32)CCCCO1. The molecule has 3 nitrogen and oxygen atoms in total. The van der Waals surface area contributed by atoms with Crippen molar-refractivity contribution < 1.29 is 9.84 Å². The molecule has 0 bridgehead atoms. The van der Waals surface area contributed by atoms with Crippen molar-refractivity contribution >= 4 is 0 Å². The van der Waals surface area contributed by atoms with Crippen molar-refractivity contribution in [1.29, 1.82) is 0 Å². The molecule has 18 heavy (non-hydrogen) atoms. The lowest BCUT2D eigenvalue weighted by atomic mass is 9.82. The van der Waals surface area contributed by atoms with E-state index in [0.717, 1.165) is 44.4 Å². The molecular formula is C15H21NO2. The van der Waals surface area contributed by atoms with E-state index < -0.39 is 6.10 Å². The van der Waals surface area contributed by atoms with Gasteiger partial charge in [0.05, 0.1) is 11.7 Å². The molecule has 3 heteroatoms. The van der Waals surface area contributed by atoms with Crippen LogP contribution < -0.4 is 0 Å². The fourth-order valence-electron chi connectivity index (χ4n) is 3.37. The molecule has 0 radical (unpaired) electrons. The highest BCUT2D eigenvalue weighted by Crippen LogP contribution is 2.41. The van der Waals surface area contributed by atoms with Crippen LogP contribution in [0, 0.1) is 0 Å². The van der Waals surface area contributed by atoms with Crippen LogP contribution in [0.4, 0.5) is 0 Å². The van der Waals surface area contributed by atoms with E-state index in [4.69, 9.17) is 4.74 Å². The summed E-state index contributed by atoms with van der Waals surface area (Å²) >= 11 is 0. The van der Waals surface area contributed by atoms with Crippen LogP contribution >= 0.6 is 0 Å². The molecule has 0 aromatic carbocycles. The normalized spacial score (nSPS) is 33.1. The van der Waals surface area contributed by atoms with Crippen molar-refractivity contribution in [2.75, 3.05) is 6.61 Å². The Morgan fingerprint density at radius 1 is 1.50 bits per heavy atom. The Bertz CT molecular complexity index is 426. The van der Waals surface area contributed by atoms with Crippen molar-refractivity contribution in [3.8, 4) is 0 Å². The molecule has 1 N–H and O–H groups in total. The minimum atomic E-state index is -0.436. The number of aromatic nitrogens is 1. The topological polar surface area (TPSA) is 42.4 Å². The van der Waals surface area contributed by atoms with E-state index in [9.17, 15) is 5.11 Å². The molecular weight excluding hydrogens is 226 g/mol. The predicted molar refractivity (Wildman–Crippen MR) is 69.5 cm³/mol. The molecule has 1 aliphatic heterocycles. The number of rotatable bonds is 2. The third-order valence-corrected chi connectivity index (χ3v) is 4.51. The first-order valence-electron chi connectivity index (χ1n) is 6.96. The second kappa shape index (κ2) is 4.63. The average Bonchev–Trinajstić information content (AvgIpc) is 2.82. The maximum Gasteiger partial charge on any atom is 0.0918 e. The Morgan fingerprint density at radius 3 is 3.17 bits per heavy atom. The first kappa shape index (κ1) is 12.1. The van der Waals surface area contributed by atoms with Gasteiger partial charge in [-0.3, -0.25) is 4.98 Å². The summed E-state index contributed by atoms with van der Waals surface area (Å²) in [5.41, 5.74) is 1.99. The zero-order chi connectivity index (χ0) is 12.6. The van der Waals surface area contributed by atoms with Crippen molar-refractivity contribution in [3.05, 3.63) is 29.6 Å². The quantitative estimate of drug-likeness (QED) is 0.872. The summed E-state index contributed by atoms with van der Waals surface area (Å²) < 4.78 is 5.88. The number of ether oxygens (including phenoxy) is 1. The number of aliphatic hydroxyl groups excluding tert-OH is 1. The van der Waals surface area contributed by atoms with Crippen LogP contribution in [0.25, 0.3) is 0 Å². The van der Waals surface area contributed by atoms with Crippen LogP contribution in [0.15, 0.2) is 18.3 Å². The second-order valence-corrected chi connectivity index (χ2v) is 5.76. The number of nitrogens with zero attached hydrogens (tertiary/aromatic N) is 1. The Kier molecular flexibility index (Phi) is 3.12. The van der Waals surface area contributed by atoms with Gasteiger partial charge in [0.2, 0.25) is 0 Å². The smallest absolute Gasteiger partial charge is 0.0918 e. The lowest BCUT2D eigenvalue weighted by molar-refractivity contribution is -0.143. The standard InChI is InChI=1S/C15H21NO2/c1-15(8-2-3-10-18-15)14(17)12-7-6-11-5-4-9-16-13(11)12/h4-5,9,12,14,17H,2-3,6-8,10H2,1H3. The van der Waals surface area contributed by atoms with E-state index in [1.807, 2.05) is 12.3 Å². The summed E-state index contributed by atoms with van der Waals surface area (Å²) in [5.74, 6) is 0.143. The molecule has 0 amide bonds. The zero-order valence-electron chi connectivity index (χ0n) is 10.9. The zero-order valence-corrected chi connectivity index (χ0v) is 10.9. The van der Waals surface area contributed by atoms with Crippen molar-refractivity contribution in [2.24, 2.45) is 0 Å². The van der Waals surface area contributed by atoms with Gasteiger partial charge in [-0.1, -0.05) is 6.07 Å². The maximum absolute atomic E-state index is 10.7. The summed E-state index contributed by atoms with van der Waals surface area (Å²) in [7, 11) is 0. The Balaban J connectivity index is 1.83. The molecule has 1 aliphatic carbocycles. The molecule has 0 spiro atoms. The van der Waals surface area contributed by atoms with Gasteiger partial charge in [-0.15, -0.1) is 0 Å². The monoisotopic (exact) mass is 247 g/mol. The minimum Gasteiger partial charge on any atom is -0.389 e. The van der Waals surface area contributed by atoms with Gasteiger partial charge in [-0.25, -0.2) is 0 Å². The summed E-state index contributed by atoms with van der Waals surface area (Å²) in [6, 6.07) is 4.10. The fraction of sp³-hybridized carbons (Fsp3) is 0.667. The summed E-state index contributed by atoms with van der Waals surface area (Å²) in [6.45, 7) is 2.83. The van der Waals surface area contributed by atoms with E-state index in [-0.39, 0.29) is 11.5 Å². The Hall–Kier alpha value is -0.930. The van der Waals surface area contributed by atoms with Gasteiger partial charge in [-0.2, -0.15) is 0 Å². The van der Waals surface area contributed by atoms with Crippen molar-refractivity contribution in [1.82, 2.24) is 4.98 Å². The number of fused-ring (bicyclic) bond motifs is 1. The average molecular weight is 247 g/mol. The molecule has 3 atom stereocenters. The molecule has 1 aromatic rings. The molecule has 3 unspecified atom stereocenters. The summed E-state index contributed by atoms with van der Waals surface area (Å²) in [5, 5.41) is 10.7. The van der Waals surface area contributed by atoms with Gasteiger partial charge >= 0.3 is 0 Å². The molecule has 2 heterocycles. The predicted octanol–water partition coefficient (Wildman–Crippen LogP) is 2.43. The van der Waals surface area contributed by atoms with Crippen LogP contribution in [0.1, 0.15) is 49.8 Å². The van der Waals surface area contributed by atoms with Crippen LogP contribution in [-0.2, 0) is 11.2 Å². The molecule has 98 valence electrons. The van der Waals surface area contributed by atoms with Crippen LogP contribution in [-0.4, -0.2) is 28.4 Å². The largest absolute Gasteiger partial charge is 0.389 e. The fourth-order valence-corrected chi connectivity index (χ4v) is 3.37. The lowest BCUT2D eigenvalue weighted by Gasteiger charge is -2.40. The van der Waals surface area contributed by atoms with Gasteiger partial charge in [0, 0.05) is 24.4 Å². The number of aryl methyl sites for hydroxylation is 1. The highest BCUT2D eigenvalue weighted by molar-refractivity contribution is 5.30. The van der Waals surface area contributed by atoms with Crippen molar-refractivity contribution in [3.63, 3.8) is 0 Å². The first-order valence-corrected chi connectivity index (χ1v) is 6.96. The van der Waals surface area contributed by atoms with Crippen LogP contribution in [0.3, 0.4) is 0 Å². The number of aliphatic hydroxyl groups is 1. The lowest BCUT2D eigenvalue weighted by Crippen LogP contribution is -2.47. The molecule has 3 rings (SSSR count). The molecule has 1 saturated heterocycles.